The van der Waals surface area contributed by atoms with Crippen LogP contribution in [0.5, 0.6) is 5.75 Å². The molecule has 0 aliphatic rings. The van der Waals surface area contributed by atoms with E-state index in [1.54, 1.807) is 12.1 Å². The summed E-state index contributed by atoms with van der Waals surface area (Å²) in [5.74, 6) is -0.537. The Morgan fingerprint density at radius 3 is 2.29 bits per heavy atom. The molecular formula is C22H21FN2O4S2. The first kappa shape index (κ1) is 22.6. The predicted molar refractivity (Wildman–Crippen MR) is 121 cm³/mol. The fraction of sp³-hybridized carbons (Fsp3) is 0.136. The number of hydrogen-bond donors (Lipinski definition) is 1. The number of anilines is 2. The van der Waals surface area contributed by atoms with Crippen LogP contribution in [-0.2, 0) is 14.8 Å². The van der Waals surface area contributed by atoms with Crippen LogP contribution in [0.15, 0.2) is 82.6 Å². The summed E-state index contributed by atoms with van der Waals surface area (Å²) in [7, 11) is -2.63. The number of benzene rings is 3. The Bertz CT molecular complexity index is 1150. The Balaban J connectivity index is 1.94. The van der Waals surface area contributed by atoms with E-state index >= 15 is 0 Å². The molecule has 1 N–H and O–H groups in total. The van der Waals surface area contributed by atoms with E-state index in [0.29, 0.717) is 11.4 Å². The minimum absolute atomic E-state index is 0.0186. The number of thioether (sulfide) groups is 1. The number of halogens is 1. The zero-order chi connectivity index (χ0) is 22.4. The van der Waals surface area contributed by atoms with Crippen molar-refractivity contribution in [1.82, 2.24) is 0 Å². The van der Waals surface area contributed by atoms with E-state index in [4.69, 9.17) is 4.74 Å². The average Bonchev–Trinajstić information content (AvgIpc) is 2.78. The molecule has 0 fully saturated rings. The van der Waals surface area contributed by atoms with Crippen LogP contribution in [0.3, 0.4) is 0 Å². The maximum Gasteiger partial charge on any atom is 0.264 e. The first-order valence-electron chi connectivity index (χ1n) is 9.20. The molecule has 0 aliphatic carbocycles. The van der Waals surface area contributed by atoms with Crippen molar-refractivity contribution < 1.29 is 22.3 Å². The van der Waals surface area contributed by atoms with Crippen LogP contribution in [-0.4, -0.2) is 34.2 Å². The molecule has 0 spiro atoms. The van der Waals surface area contributed by atoms with Gasteiger partial charge in [-0.15, -0.1) is 11.8 Å². The summed E-state index contributed by atoms with van der Waals surface area (Å²) in [6, 6.07) is 18.0. The molecule has 0 unspecified atom stereocenters. The van der Waals surface area contributed by atoms with Gasteiger partial charge in [-0.3, -0.25) is 9.10 Å². The number of methoxy groups -OCH3 is 1. The van der Waals surface area contributed by atoms with Gasteiger partial charge < -0.3 is 10.1 Å². The Hall–Kier alpha value is -3.04. The van der Waals surface area contributed by atoms with E-state index in [2.05, 4.69) is 5.32 Å². The fourth-order valence-corrected chi connectivity index (χ4v) is 4.84. The number of carbonyl (C=O) groups is 1. The number of carbonyl (C=O) groups excluding carboxylic acids is 1. The number of rotatable bonds is 8. The molecular weight excluding hydrogens is 439 g/mol. The van der Waals surface area contributed by atoms with Gasteiger partial charge in [0, 0.05) is 4.90 Å². The first-order valence-corrected chi connectivity index (χ1v) is 11.9. The average molecular weight is 461 g/mol. The third kappa shape index (κ3) is 5.36. The van der Waals surface area contributed by atoms with Gasteiger partial charge in [-0.05, 0) is 66.9 Å². The standard InChI is InChI=1S/C22H21FN2O4S2/c1-29-18-11-13-19(14-12-18)31(27,28)25(17-9-7-16(23)8-10-17)15-22(26)24-20-5-3-4-6-21(20)30-2/h3-14H,15H2,1-2H3,(H,24,26). The maximum atomic E-state index is 13.4. The van der Waals surface area contributed by atoms with E-state index in [9.17, 15) is 17.6 Å². The van der Waals surface area contributed by atoms with Crippen LogP contribution in [0.25, 0.3) is 0 Å². The Morgan fingerprint density at radius 1 is 1.03 bits per heavy atom. The minimum atomic E-state index is -4.11. The topological polar surface area (TPSA) is 75.7 Å². The molecule has 0 radical (unpaired) electrons. The number of amides is 1. The third-order valence-corrected chi connectivity index (χ3v) is 7.01. The summed E-state index contributed by atoms with van der Waals surface area (Å²) in [6.45, 7) is -0.483. The van der Waals surface area contributed by atoms with E-state index in [1.807, 2.05) is 18.4 Å². The van der Waals surface area contributed by atoms with E-state index in [0.717, 1.165) is 21.3 Å². The molecule has 0 heterocycles. The predicted octanol–water partition coefficient (Wildman–Crippen LogP) is 4.39. The van der Waals surface area contributed by atoms with Gasteiger partial charge >= 0.3 is 0 Å². The van der Waals surface area contributed by atoms with Gasteiger partial charge in [0.15, 0.2) is 0 Å². The fourth-order valence-electron chi connectivity index (χ4n) is 2.87. The SMILES string of the molecule is COc1ccc(S(=O)(=O)N(CC(=O)Nc2ccccc2SC)c2ccc(F)cc2)cc1. The molecule has 1 amide bonds. The second kappa shape index (κ2) is 9.84. The van der Waals surface area contributed by atoms with Crippen LogP contribution in [0.4, 0.5) is 15.8 Å². The second-order valence-corrected chi connectivity index (χ2v) is 9.12. The summed E-state index contributed by atoms with van der Waals surface area (Å²) < 4.78 is 46.1. The van der Waals surface area contributed by atoms with Crippen molar-refractivity contribution >= 4 is 39.1 Å². The highest BCUT2D eigenvalue weighted by Gasteiger charge is 2.27. The lowest BCUT2D eigenvalue weighted by Gasteiger charge is -2.24. The lowest BCUT2D eigenvalue weighted by molar-refractivity contribution is -0.114. The van der Waals surface area contributed by atoms with Gasteiger partial charge in [-0.1, -0.05) is 12.1 Å². The molecule has 0 bridgehead atoms. The van der Waals surface area contributed by atoms with Gasteiger partial charge in [0.2, 0.25) is 5.91 Å². The lowest BCUT2D eigenvalue weighted by Crippen LogP contribution is -2.38. The number of nitrogens with one attached hydrogen (secondary N) is 1. The smallest absolute Gasteiger partial charge is 0.264 e. The van der Waals surface area contributed by atoms with Crippen molar-refractivity contribution in [2.75, 3.05) is 29.5 Å². The Morgan fingerprint density at radius 2 is 1.68 bits per heavy atom. The molecule has 0 aliphatic heterocycles. The molecule has 0 saturated carbocycles. The highest BCUT2D eigenvalue weighted by molar-refractivity contribution is 7.98. The Kier molecular flexibility index (Phi) is 7.19. The number of hydrogen-bond acceptors (Lipinski definition) is 5. The van der Waals surface area contributed by atoms with Gasteiger partial charge in [0.25, 0.3) is 10.0 Å². The van der Waals surface area contributed by atoms with Crippen molar-refractivity contribution in [2.45, 2.75) is 9.79 Å². The van der Waals surface area contributed by atoms with Crippen molar-refractivity contribution in [3.8, 4) is 5.75 Å². The highest BCUT2D eigenvalue weighted by atomic mass is 32.2. The molecule has 0 atom stereocenters. The van der Waals surface area contributed by atoms with Crippen LogP contribution in [0.1, 0.15) is 0 Å². The van der Waals surface area contributed by atoms with E-state index < -0.39 is 28.3 Å². The molecule has 3 aromatic rings. The molecule has 6 nitrogen and oxygen atoms in total. The molecule has 162 valence electrons. The Labute approximate surface area is 185 Å². The zero-order valence-electron chi connectivity index (χ0n) is 16.9. The van der Waals surface area contributed by atoms with E-state index in [1.165, 1.54) is 55.3 Å². The van der Waals surface area contributed by atoms with Crippen LogP contribution < -0.4 is 14.4 Å². The molecule has 3 rings (SSSR count). The summed E-state index contributed by atoms with van der Waals surface area (Å²) in [5.41, 5.74) is 0.756. The van der Waals surface area contributed by atoms with Crippen LogP contribution in [0.2, 0.25) is 0 Å². The van der Waals surface area contributed by atoms with Crippen molar-refractivity contribution in [2.24, 2.45) is 0 Å². The number of para-hydroxylation sites is 1. The summed E-state index contributed by atoms with van der Waals surface area (Å²) >= 11 is 1.46. The summed E-state index contributed by atoms with van der Waals surface area (Å²) in [6.07, 6.45) is 1.88. The zero-order valence-corrected chi connectivity index (χ0v) is 18.5. The largest absolute Gasteiger partial charge is 0.497 e. The number of ether oxygens (including phenoxy) is 1. The van der Waals surface area contributed by atoms with Crippen molar-refractivity contribution in [3.63, 3.8) is 0 Å². The van der Waals surface area contributed by atoms with Gasteiger partial charge in [-0.2, -0.15) is 0 Å². The minimum Gasteiger partial charge on any atom is -0.497 e. The van der Waals surface area contributed by atoms with E-state index in [-0.39, 0.29) is 10.6 Å². The van der Waals surface area contributed by atoms with Crippen LogP contribution in [0, 0.1) is 5.82 Å². The normalized spacial score (nSPS) is 11.1. The molecule has 31 heavy (non-hydrogen) atoms. The molecule has 0 aromatic heterocycles. The molecule has 0 saturated heterocycles. The maximum absolute atomic E-state index is 13.4. The van der Waals surface area contributed by atoms with Crippen molar-refractivity contribution in [3.05, 3.63) is 78.6 Å². The first-order chi connectivity index (χ1) is 14.8. The van der Waals surface area contributed by atoms with Gasteiger partial charge in [0.1, 0.15) is 18.1 Å². The molecule has 3 aromatic carbocycles. The third-order valence-electron chi connectivity index (χ3n) is 4.43. The molecule has 9 heteroatoms. The number of sulfonamides is 1. The quantitative estimate of drug-likeness (QED) is 0.505. The monoisotopic (exact) mass is 460 g/mol. The van der Waals surface area contributed by atoms with Crippen LogP contribution >= 0.6 is 11.8 Å². The van der Waals surface area contributed by atoms with Gasteiger partial charge in [0.05, 0.1) is 23.4 Å². The second-order valence-electron chi connectivity index (χ2n) is 6.41. The lowest BCUT2D eigenvalue weighted by atomic mass is 10.3. The summed E-state index contributed by atoms with van der Waals surface area (Å²) in [5, 5.41) is 2.75. The van der Waals surface area contributed by atoms with Crippen molar-refractivity contribution in [1.29, 1.82) is 0 Å². The number of nitrogens with zero attached hydrogens (tertiary/aromatic N) is 1. The summed E-state index contributed by atoms with van der Waals surface area (Å²) in [4.78, 5) is 13.6. The van der Waals surface area contributed by atoms with Gasteiger partial charge in [-0.25, -0.2) is 12.8 Å². The highest BCUT2D eigenvalue weighted by Crippen LogP contribution is 2.27.